The molecule has 0 saturated heterocycles. The highest BCUT2D eigenvalue weighted by molar-refractivity contribution is 7.93. The number of carbonyl (C=O) groups is 2. The maximum absolute atomic E-state index is 13.6. The summed E-state index contributed by atoms with van der Waals surface area (Å²) in [7, 11) is -3.52. The Kier molecular flexibility index (Phi) is 6.27. The van der Waals surface area contributed by atoms with Crippen LogP contribution in [0.1, 0.15) is 31.4 Å². The summed E-state index contributed by atoms with van der Waals surface area (Å²) in [6, 6.07) is 3.58. The van der Waals surface area contributed by atoms with Gasteiger partial charge in [-0.2, -0.15) is 13.2 Å². The topological polar surface area (TPSA) is 128 Å². The lowest BCUT2D eigenvalue weighted by atomic mass is 10.1. The number of halogens is 3. The Morgan fingerprint density at radius 2 is 1.94 bits per heavy atom. The number of thiophene rings is 1. The summed E-state index contributed by atoms with van der Waals surface area (Å²) in [5, 5.41) is 6.98. The number of amides is 1. The quantitative estimate of drug-likeness (QED) is 0.503. The average Bonchev–Trinajstić information content (AvgIpc) is 3.37. The molecular formula is C18H14F3N3O6S2. The number of hydrogen-bond acceptors (Lipinski definition) is 8. The van der Waals surface area contributed by atoms with Crippen molar-refractivity contribution in [1.29, 1.82) is 0 Å². The van der Waals surface area contributed by atoms with Crippen LogP contribution in [0.5, 0.6) is 0 Å². The Bertz CT molecular complexity index is 1280. The smallest absolute Gasteiger partial charge is 0.418 e. The highest BCUT2D eigenvalue weighted by atomic mass is 32.2. The summed E-state index contributed by atoms with van der Waals surface area (Å²) >= 11 is 0.762. The number of aryl methyl sites for hydroxylation is 1. The first-order valence-electron chi connectivity index (χ1n) is 8.56. The van der Waals surface area contributed by atoms with Crippen molar-refractivity contribution < 1.29 is 40.4 Å². The van der Waals surface area contributed by atoms with E-state index in [0.29, 0.717) is 6.07 Å². The summed E-state index contributed by atoms with van der Waals surface area (Å²) in [5.41, 5.74) is -2.36. The molecule has 0 saturated carbocycles. The molecule has 0 aliphatic rings. The molecule has 0 spiro atoms. The Labute approximate surface area is 183 Å². The van der Waals surface area contributed by atoms with Gasteiger partial charge < -0.3 is 14.6 Å². The van der Waals surface area contributed by atoms with E-state index in [1.807, 2.05) is 4.72 Å². The molecule has 0 aliphatic heterocycles. The van der Waals surface area contributed by atoms with Gasteiger partial charge in [-0.1, -0.05) is 5.16 Å². The van der Waals surface area contributed by atoms with Crippen molar-refractivity contribution >= 4 is 44.6 Å². The minimum Gasteiger partial charge on any atom is -0.465 e. The van der Waals surface area contributed by atoms with Crippen molar-refractivity contribution in [3.05, 3.63) is 57.6 Å². The number of benzene rings is 1. The summed E-state index contributed by atoms with van der Waals surface area (Å²) in [5.74, 6) is -1.54. The van der Waals surface area contributed by atoms with Crippen molar-refractivity contribution in [1.82, 2.24) is 5.16 Å². The van der Waals surface area contributed by atoms with Gasteiger partial charge in [-0.05, 0) is 36.6 Å². The molecule has 2 heterocycles. The van der Waals surface area contributed by atoms with Gasteiger partial charge in [0.1, 0.15) is 21.1 Å². The van der Waals surface area contributed by atoms with Crippen LogP contribution in [0.15, 0.2) is 45.3 Å². The van der Waals surface area contributed by atoms with Gasteiger partial charge in [-0.3, -0.25) is 9.52 Å². The number of nitrogens with zero attached hydrogens (tertiary/aromatic N) is 1. The van der Waals surface area contributed by atoms with Gasteiger partial charge in [0, 0.05) is 5.69 Å². The number of nitrogens with one attached hydrogen (secondary N) is 2. The van der Waals surface area contributed by atoms with E-state index >= 15 is 0 Å². The molecule has 170 valence electrons. The van der Waals surface area contributed by atoms with Crippen LogP contribution >= 0.6 is 11.3 Å². The van der Waals surface area contributed by atoms with Crippen LogP contribution in [-0.2, 0) is 20.9 Å². The maximum Gasteiger partial charge on any atom is 0.418 e. The largest absolute Gasteiger partial charge is 0.465 e. The number of anilines is 2. The van der Waals surface area contributed by atoms with E-state index in [2.05, 4.69) is 15.2 Å². The molecule has 1 amide bonds. The summed E-state index contributed by atoms with van der Waals surface area (Å²) < 4.78 is 77.3. The van der Waals surface area contributed by atoms with E-state index in [0.717, 1.165) is 42.8 Å². The molecule has 3 rings (SSSR count). The number of ether oxygens (including phenoxy) is 1. The van der Waals surface area contributed by atoms with Crippen LogP contribution < -0.4 is 10.0 Å². The summed E-state index contributed by atoms with van der Waals surface area (Å²) in [6.45, 7) is 1.45. The lowest BCUT2D eigenvalue weighted by Crippen LogP contribution is -2.19. The van der Waals surface area contributed by atoms with Gasteiger partial charge in [-0.25, -0.2) is 13.2 Å². The summed E-state index contributed by atoms with van der Waals surface area (Å²) in [4.78, 5) is 23.1. The first-order valence-corrected chi connectivity index (χ1v) is 10.9. The fourth-order valence-electron chi connectivity index (χ4n) is 2.61. The molecule has 3 aromatic rings. The van der Waals surface area contributed by atoms with Crippen molar-refractivity contribution in [2.75, 3.05) is 17.1 Å². The second-order valence-electron chi connectivity index (χ2n) is 6.22. The fourth-order valence-corrected chi connectivity index (χ4v) is 5.03. The fraction of sp³-hybridized carbons (Fsp3) is 0.167. The van der Waals surface area contributed by atoms with Gasteiger partial charge in [-0.15, -0.1) is 11.3 Å². The highest BCUT2D eigenvalue weighted by Gasteiger charge is 2.36. The van der Waals surface area contributed by atoms with E-state index < -0.39 is 44.2 Å². The molecule has 9 nitrogen and oxygen atoms in total. The number of esters is 1. The van der Waals surface area contributed by atoms with Crippen LogP contribution in [-0.4, -0.2) is 32.6 Å². The normalized spacial score (nSPS) is 11.8. The third kappa shape index (κ3) is 4.75. The number of aromatic nitrogens is 1. The zero-order valence-corrected chi connectivity index (χ0v) is 17.9. The van der Waals surface area contributed by atoms with Crippen LogP contribution in [0.4, 0.5) is 24.5 Å². The molecule has 0 fully saturated rings. The Morgan fingerprint density at radius 3 is 2.53 bits per heavy atom. The number of carbonyl (C=O) groups excluding carboxylic acids is 2. The highest BCUT2D eigenvalue weighted by Crippen LogP contribution is 2.38. The van der Waals surface area contributed by atoms with Gasteiger partial charge >= 0.3 is 12.1 Å². The minimum atomic E-state index is -4.97. The van der Waals surface area contributed by atoms with Gasteiger partial charge in [0.2, 0.25) is 0 Å². The molecular weight excluding hydrogens is 475 g/mol. The van der Waals surface area contributed by atoms with E-state index in [-0.39, 0.29) is 21.9 Å². The van der Waals surface area contributed by atoms with Crippen molar-refractivity contribution in [2.45, 2.75) is 18.0 Å². The van der Waals surface area contributed by atoms with Crippen molar-refractivity contribution in [3.8, 4) is 0 Å². The molecule has 32 heavy (non-hydrogen) atoms. The number of sulfonamides is 1. The SMILES string of the molecule is COC(=O)c1sccc1S(=O)(=O)Nc1ccc(NC(=O)c2cnoc2C)cc1C(F)(F)F. The molecule has 0 unspecified atom stereocenters. The molecule has 0 atom stereocenters. The first kappa shape index (κ1) is 23.3. The van der Waals surface area contributed by atoms with Crippen LogP contribution in [0, 0.1) is 6.92 Å². The third-order valence-electron chi connectivity index (χ3n) is 4.11. The zero-order chi connectivity index (χ0) is 23.7. The number of alkyl halides is 3. The molecule has 2 aromatic heterocycles. The van der Waals surface area contributed by atoms with Crippen LogP contribution in [0.3, 0.4) is 0 Å². The van der Waals surface area contributed by atoms with Crippen molar-refractivity contribution in [3.63, 3.8) is 0 Å². The van der Waals surface area contributed by atoms with Gasteiger partial charge in [0.05, 0.1) is 24.6 Å². The van der Waals surface area contributed by atoms with E-state index in [4.69, 9.17) is 4.52 Å². The average molecular weight is 489 g/mol. The lowest BCUT2D eigenvalue weighted by Gasteiger charge is -2.16. The molecule has 0 radical (unpaired) electrons. The summed E-state index contributed by atoms with van der Waals surface area (Å²) in [6.07, 6.45) is -3.86. The predicted molar refractivity (Wildman–Crippen MR) is 107 cm³/mol. The maximum atomic E-state index is 13.6. The third-order valence-corrected chi connectivity index (χ3v) is 6.54. The standard InChI is InChI=1S/C18H14F3N3O6S2/c1-9-11(8-22-30-9)16(25)23-10-3-4-13(12(7-10)18(19,20)21)24-32(27,28)14-5-6-31-15(14)17(26)29-2/h3-8,24H,1-2H3,(H,23,25). The lowest BCUT2D eigenvalue weighted by molar-refractivity contribution is -0.136. The minimum absolute atomic E-state index is 0.0242. The second-order valence-corrected chi connectivity index (χ2v) is 8.79. The molecule has 14 heteroatoms. The van der Waals surface area contributed by atoms with Gasteiger partial charge in [0.15, 0.2) is 0 Å². The molecule has 0 bridgehead atoms. The van der Waals surface area contributed by atoms with Gasteiger partial charge in [0.25, 0.3) is 15.9 Å². The predicted octanol–water partition coefficient (Wildman–Crippen LogP) is 3.90. The zero-order valence-electron chi connectivity index (χ0n) is 16.3. The second kappa shape index (κ2) is 8.63. The van der Waals surface area contributed by atoms with E-state index in [1.165, 1.54) is 12.3 Å². The molecule has 1 aromatic carbocycles. The van der Waals surface area contributed by atoms with E-state index in [1.54, 1.807) is 0 Å². The first-order chi connectivity index (χ1) is 14.9. The van der Waals surface area contributed by atoms with Crippen LogP contribution in [0.2, 0.25) is 0 Å². The number of methoxy groups -OCH3 is 1. The van der Waals surface area contributed by atoms with E-state index in [9.17, 15) is 31.2 Å². The molecule has 2 N–H and O–H groups in total. The Hall–Kier alpha value is -3.39. The van der Waals surface area contributed by atoms with Crippen LogP contribution in [0.25, 0.3) is 0 Å². The Balaban J connectivity index is 1.95. The number of hydrogen-bond donors (Lipinski definition) is 2. The van der Waals surface area contributed by atoms with Crippen molar-refractivity contribution in [2.24, 2.45) is 0 Å². The Morgan fingerprint density at radius 1 is 1.22 bits per heavy atom. The number of rotatable bonds is 6. The monoisotopic (exact) mass is 489 g/mol. The molecule has 0 aliphatic carbocycles.